The number of anilines is 2. The third-order valence-electron chi connectivity index (χ3n) is 3.96. The number of aryl methyl sites for hydroxylation is 1. The standard InChI is InChI=1S/C13H21N5O/c1-13(19)4-8-17(9-5-13)12-10-11(15-16(12)2)18-7-3-6-14-18/h6,10,19H,3-5,7-9H2,1-2H3. The Balaban J connectivity index is 1.76. The molecule has 2 aliphatic rings. The molecule has 1 aromatic rings. The zero-order valence-electron chi connectivity index (χ0n) is 11.6. The van der Waals surface area contributed by atoms with Gasteiger partial charge in [0.1, 0.15) is 5.82 Å². The Morgan fingerprint density at radius 1 is 1.26 bits per heavy atom. The summed E-state index contributed by atoms with van der Waals surface area (Å²) in [5.41, 5.74) is -0.517. The van der Waals surface area contributed by atoms with Crippen LogP contribution in [0.1, 0.15) is 26.2 Å². The normalized spacial score (nSPS) is 22.3. The van der Waals surface area contributed by atoms with Gasteiger partial charge in [0, 0.05) is 45.4 Å². The van der Waals surface area contributed by atoms with Crippen molar-refractivity contribution in [2.24, 2.45) is 12.1 Å². The third kappa shape index (κ3) is 2.45. The molecule has 0 aliphatic carbocycles. The zero-order valence-corrected chi connectivity index (χ0v) is 11.6. The number of hydrazone groups is 1. The topological polar surface area (TPSA) is 56.9 Å². The molecule has 1 fully saturated rings. The Bertz CT molecular complexity index is 483. The minimum Gasteiger partial charge on any atom is -0.390 e. The number of aromatic nitrogens is 2. The van der Waals surface area contributed by atoms with Crippen LogP contribution in [0.5, 0.6) is 0 Å². The highest BCUT2D eigenvalue weighted by Gasteiger charge is 2.29. The summed E-state index contributed by atoms with van der Waals surface area (Å²) in [6, 6.07) is 2.09. The molecule has 1 aromatic heterocycles. The van der Waals surface area contributed by atoms with E-state index in [2.05, 4.69) is 21.2 Å². The van der Waals surface area contributed by atoms with Crippen LogP contribution in [0.15, 0.2) is 11.2 Å². The quantitative estimate of drug-likeness (QED) is 0.863. The van der Waals surface area contributed by atoms with Gasteiger partial charge in [-0.25, -0.2) is 5.01 Å². The maximum absolute atomic E-state index is 10.0. The summed E-state index contributed by atoms with van der Waals surface area (Å²) < 4.78 is 1.91. The van der Waals surface area contributed by atoms with Gasteiger partial charge in [0.25, 0.3) is 0 Å². The molecule has 0 aromatic carbocycles. The molecule has 19 heavy (non-hydrogen) atoms. The molecule has 1 saturated heterocycles. The second kappa shape index (κ2) is 4.52. The van der Waals surface area contributed by atoms with Crippen molar-refractivity contribution in [1.82, 2.24) is 9.78 Å². The average molecular weight is 263 g/mol. The fourth-order valence-corrected chi connectivity index (χ4v) is 2.65. The smallest absolute Gasteiger partial charge is 0.173 e. The molecular formula is C13H21N5O. The molecule has 6 heteroatoms. The lowest BCUT2D eigenvalue weighted by Gasteiger charge is -2.36. The van der Waals surface area contributed by atoms with Crippen molar-refractivity contribution in [1.29, 1.82) is 0 Å². The fourth-order valence-electron chi connectivity index (χ4n) is 2.65. The van der Waals surface area contributed by atoms with E-state index in [0.717, 1.165) is 50.5 Å². The highest BCUT2D eigenvalue weighted by atomic mass is 16.3. The summed E-state index contributed by atoms with van der Waals surface area (Å²) in [6.07, 6.45) is 4.51. The van der Waals surface area contributed by atoms with Gasteiger partial charge in [-0.1, -0.05) is 0 Å². The van der Waals surface area contributed by atoms with Gasteiger partial charge in [-0.05, 0) is 19.8 Å². The van der Waals surface area contributed by atoms with Crippen LogP contribution in [0.2, 0.25) is 0 Å². The fraction of sp³-hybridized carbons (Fsp3) is 0.692. The average Bonchev–Trinajstić information content (AvgIpc) is 2.98. The number of piperidine rings is 1. The van der Waals surface area contributed by atoms with Gasteiger partial charge >= 0.3 is 0 Å². The first-order valence-corrected chi connectivity index (χ1v) is 6.86. The van der Waals surface area contributed by atoms with Crippen LogP contribution in [0.3, 0.4) is 0 Å². The van der Waals surface area contributed by atoms with Crippen LogP contribution < -0.4 is 9.91 Å². The Labute approximate surface area is 113 Å². The molecular weight excluding hydrogens is 242 g/mol. The summed E-state index contributed by atoms with van der Waals surface area (Å²) in [5.74, 6) is 2.01. The SMILES string of the molecule is Cn1nc(N2CCC=N2)cc1N1CCC(C)(O)CC1. The predicted molar refractivity (Wildman–Crippen MR) is 75.7 cm³/mol. The molecule has 0 saturated carbocycles. The molecule has 0 unspecified atom stereocenters. The largest absolute Gasteiger partial charge is 0.390 e. The van der Waals surface area contributed by atoms with Crippen LogP contribution in [0.25, 0.3) is 0 Å². The van der Waals surface area contributed by atoms with Gasteiger partial charge in [0.2, 0.25) is 0 Å². The van der Waals surface area contributed by atoms with Gasteiger partial charge < -0.3 is 10.0 Å². The number of hydrogen-bond acceptors (Lipinski definition) is 5. The Morgan fingerprint density at radius 3 is 2.63 bits per heavy atom. The summed E-state index contributed by atoms with van der Waals surface area (Å²) in [6.45, 7) is 4.56. The molecule has 0 atom stereocenters. The second-order valence-electron chi connectivity index (χ2n) is 5.68. The minimum absolute atomic E-state index is 0.517. The first kappa shape index (κ1) is 12.5. The molecule has 2 aliphatic heterocycles. The molecule has 0 spiro atoms. The highest BCUT2D eigenvalue weighted by Crippen LogP contribution is 2.28. The summed E-state index contributed by atoms with van der Waals surface area (Å²) in [5, 5.41) is 20.8. The zero-order chi connectivity index (χ0) is 13.5. The van der Waals surface area contributed by atoms with Crippen molar-refractivity contribution in [2.45, 2.75) is 31.8 Å². The first-order valence-electron chi connectivity index (χ1n) is 6.86. The summed E-state index contributed by atoms with van der Waals surface area (Å²) >= 11 is 0. The Morgan fingerprint density at radius 2 is 2.00 bits per heavy atom. The van der Waals surface area contributed by atoms with Crippen LogP contribution in [0, 0.1) is 0 Å². The van der Waals surface area contributed by atoms with Crippen LogP contribution in [-0.2, 0) is 7.05 Å². The van der Waals surface area contributed by atoms with E-state index in [9.17, 15) is 5.11 Å². The molecule has 1 N–H and O–H groups in total. The van der Waals surface area contributed by atoms with Crippen molar-refractivity contribution in [3.63, 3.8) is 0 Å². The van der Waals surface area contributed by atoms with Crippen LogP contribution >= 0.6 is 0 Å². The van der Waals surface area contributed by atoms with E-state index in [1.165, 1.54) is 0 Å². The van der Waals surface area contributed by atoms with E-state index in [0.29, 0.717) is 0 Å². The molecule has 3 heterocycles. The van der Waals surface area contributed by atoms with Gasteiger partial charge in [-0.3, -0.25) is 4.68 Å². The Hall–Kier alpha value is -1.56. The van der Waals surface area contributed by atoms with E-state index in [4.69, 9.17) is 0 Å². The number of aliphatic hydroxyl groups is 1. The van der Waals surface area contributed by atoms with Gasteiger partial charge in [-0.15, -0.1) is 0 Å². The minimum atomic E-state index is -0.517. The van der Waals surface area contributed by atoms with E-state index in [1.54, 1.807) is 0 Å². The molecule has 104 valence electrons. The van der Waals surface area contributed by atoms with Crippen molar-refractivity contribution in [3.05, 3.63) is 6.07 Å². The number of rotatable bonds is 2. The van der Waals surface area contributed by atoms with E-state index < -0.39 is 5.60 Å². The lowest BCUT2D eigenvalue weighted by molar-refractivity contribution is 0.0349. The summed E-state index contributed by atoms with van der Waals surface area (Å²) in [4.78, 5) is 2.29. The van der Waals surface area contributed by atoms with Gasteiger partial charge in [-0.2, -0.15) is 10.2 Å². The maximum atomic E-state index is 10.0. The number of nitrogens with zero attached hydrogens (tertiary/aromatic N) is 5. The lowest BCUT2D eigenvalue weighted by atomic mass is 9.94. The predicted octanol–water partition coefficient (Wildman–Crippen LogP) is 0.967. The molecule has 6 nitrogen and oxygen atoms in total. The molecule has 3 rings (SSSR count). The number of hydrogen-bond donors (Lipinski definition) is 1. The van der Waals surface area contributed by atoms with Crippen molar-refractivity contribution in [3.8, 4) is 0 Å². The van der Waals surface area contributed by atoms with Crippen molar-refractivity contribution in [2.75, 3.05) is 29.5 Å². The van der Waals surface area contributed by atoms with Crippen LogP contribution in [0.4, 0.5) is 11.6 Å². The second-order valence-corrected chi connectivity index (χ2v) is 5.68. The van der Waals surface area contributed by atoms with Crippen molar-refractivity contribution < 1.29 is 5.11 Å². The molecule has 0 radical (unpaired) electrons. The lowest BCUT2D eigenvalue weighted by Crippen LogP contribution is -2.43. The maximum Gasteiger partial charge on any atom is 0.173 e. The summed E-state index contributed by atoms with van der Waals surface area (Å²) in [7, 11) is 1.96. The third-order valence-corrected chi connectivity index (χ3v) is 3.96. The van der Waals surface area contributed by atoms with E-state index >= 15 is 0 Å². The van der Waals surface area contributed by atoms with E-state index in [1.807, 2.05) is 29.9 Å². The molecule has 0 amide bonds. The monoisotopic (exact) mass is 263 g/mol. The Kier molecular flexibility index (Phi) is 2.97. The van der Waals surface area contributed by atoms with Crippen molar-refractivity contribution >= 4 is 17.9 Å². The first-order chi connectivity index (χ1) is 9.05. The van der Waals surface area contributed by atoms with E-state index in [-0.39, 0.29) is 0 Å². The highest BCUT2D eigenvalue weighted by molar-refractivity contribution is 5.65. The van der Waals surface area contributed by atoms with Gasteiger partial charge in [0.15, 0.2) is 5.82 Å². The van der Waals surface area contributed by atoms with Gasteiger partial charge in [0.05, 0.1) is 5.60 Å². The molecule has 0 bridgehead atoms. The van der Waals surface area contributed by atoms with Crippen LogP contribution in [-0.4, -0.2) is 46.3 Å².